The van der Waals surface area contributed by atoms with Crippen LogP contribution in [0.4, 0.5) is 0 Å². The lowest BCUT2D eigenvalue weighted by Gasteiger charge is -2.32. The Labute approximate surface area is 156 Å². The van der Waals surface area contributed by atoms with E-state index in [9.17, 15) is 9.59 Å². The summed E-state index contributed by atoms with van der Waals surface area (Å²) in [5.74, 6) is 3.00. The van der Waals surface area contributed by atoms with Crippen molar-refractivity contribution in [1.82, 2.24) is 9.80 Å². The summed E-state index contributed by atoms with van der Waals surface area (Å²) >= 11 is 1.54. The molecule has 0 radical (unpaired) electrons. The van der Waals surface area contributed by atoms with Crippen molar-refractivity contribution in [3.8, 4) is 0 Å². The first-order chi connectivity index (χ1) is 12.2. The molecule has 2 amide bonds. The van der Waals surface area contributed by atoms with Gasteiger partial charge >= 0.3 is 0 Å². The van der Waals surface area contributed by atoms with Crippen molar-refractivity contribution >= 4 is 23.6 Å². The fourth-order valence-electron chi connectivity index (χ4n) is 5.82. The molecule has 2 saturated carbocycles. The van der Waals surface area contributed by atoms with Gasteiger partial charge in [0.25, 0.3) is 0 Å². The molecule has 0 aromatic heterocycles. The molecule has 0 N–H and O–H groups in total. The maximum Gasteiger partial charge on any atom is 0.232 e. The zero-order valence-corrected chi connectivity index (χ0v) is 16.1. The molecule has 0 aromatic carbocycles. The SMILES string of the molecule is O=C(CSCC(=O)N1CC[C@H]2CCCC[C@@H]21)N1CC[C@H]2CCCC[C@@H]21. The Bertz CT molecular complexity index is 468. The van der Waals surface area contributed by atoms with E-state index >= 15 is 0 Å². The average molecular weight is 365 g/mol. The van der Waals surface area contributed by atoms with E-state index in [1.807, 2.05) is 0 Å². The fourth-order valence-corrected chi connectivity index (χ4v) is 6.61. The molecule has 0 aromatic rings. The standard InChI is InChI=1S/C20H32N2O2S/c23-19(21-11-9-15-5-1-3-7-17(15)21)13-25-14-20(24)22-12-10-16-6-2-4-8-18(16)22/h15-18H,1-14H2/t15-,16-,17+,18+/m1/s1. The molecule has 0 spiro atoms. The van der Waals surface area contributed by atoms with E-state index in [0.717, 1.165) is 24.9 Å². The van der Waals surface area contributed by atoms with Crippen LogP contribution in [0.25, 0.3) is 0 Å². The van der Waals surface area contributed by atoms with Gasteiger partial charge in [-0.15, -0.1) is 11.8 Å². The number of hydrogen-bond donors (Lipinski definition) is 0. The Morgan fingerprint density at radius 2 is 1.12 bits per heavy atom. The zero-order chi connectivity index (χ0) is 17.2. The second-order valence-corrected chi connectivity index (χ2v) is 9.45. The highest BCUT2D eigenvalue weighted by Crippen LogP contribution is 2.37. The Kier molecular flexibility index (Phi) is 5.59. The maximum absolute atomic E-state index is 12.6. The van der Waals surface area contributed by atoms with Crippen molar-refractivity contribution in [2.24, 2.45) is 11.8 Å². The largest absolute Gasteiger partial charge is 0.339 e. The lowest BCUT2D eigenvalue weighted by Crippen LogP contribution is -2.41. The maximum atomic E-state index is 12.6. The minimum Gasteiger partial charge on any atom is -0.339 e. The van der Waals surface area contributed by atoms with Crippen LogP contribution in [0.5, 0.6) is 0 Å². The van der Waals surface area contributed by atoms with E-state index in [1.165, 1.54) is 76.0 Å². The number of nitrogens with zero attached hydrogens (tertiary/aromatic N) is 2. The summed E-state index contributed by atoms with van der Waals surface area (Å²) in [6.07, 6.45) is 12.6. The highest BCUT2D eigenvalue weighted by molar-refractivity contribution is 8.00. The third kappa shape index (κ3) is 3.72. The molecule has 4 aliphatic rings. The molecule has 140 valence electrons. The third-order valence-electron chi connectivity index (χ3n) is 7.11. The quantitative estimate of drug-likeness (QED) is 0.768. The van der Waals surface area contributed by atoms with E-state index in [2.05, 4.69) is 9.80 Å². The normalized spacial score (nSPS) is 34.7. The van der Waals surface area contributed by atoms with E-state index in [0.29, 0.717) is 23.6 Å². The predicted molar refractivity (Wildman–Crippen MR) is 101 cm³/mol. The van der Waals surface area contributed by atoms with Gasteiger partial charge in [0, 0.05) is 25.2 Å². The summed E-state index contributed by atoms with van der Waals surface area (Å²) in [7, 11) is 0. The smallest absolute Gasteiger partial charge is 0.232 e. The van der Waals surface area contributed by atoms with Crippen LogP contribution in [0.3, 0.4) is 0 Å². The van der Waals surface area contributed by atoms with Gasteiger partial charge < -0.3 is 9.80 Å². The van der Waals surface area contributed by atoms with Gasteiger partial charge in [-0.1, -0.05) is 25.7 Å². The van der Waals surface area contributed by atoms with Crippen molar-refractivity contribution in [3.63, 3.8) is 0 Å². The molecule has 4 atom stereocenters. The van der Waals surface area contributed by atoms with Gasteiger partial charge in [0.15, 0.2) is 0 Å². The lowest BCUT2D eigenvalue weighted by molar-refractivity contribution is -0.130. The average Bonchev–Trinajstić information content (AvgIpc) is 3.26. The van der Waals surface area contributed by atoms with Crippen LogP contribution in [0.15, 0.2) is 0 Å². The first-order valence-electron chi connectivity index (χ1n) is 10.4. The Balaban J connectivity index is 1.22. The number of hydrogen-bond acceptors (Lipinski definition) is 3. The van der Waals surface area contributed by atoms with E-state index in [1.54, 1.807) is 0 Å². The van der Waals surface area contributed by atoms with Gasteiger partial charge in [-0.2, -0.15) is 0 Å². The molecule has 5 heteroatoms. The molecule has 2 aliphatic carbocycles. The van der Waals surface area contributed by atoms with Gasteiger partial charge in [0.2, 0.25) is 11.8 Å². The minimum absolute atomic E-state index is 0.268. The number of amides is 2. The van der Waals surface area contributed by atoms with Crippen molar-refractivity contribution in [3.05, 3.63) is 0 Å². The number of carbonyl (C=O) groups excluding carboxylic acids is 2. The number of thioether (sulfide) groups is 1. The Morgan fingerprint density at radius 1 is 0.680 bits per heavy atom. The van der Waals surface area contributed by atoms with Crippen LogP contribution in [0.1, 0.15) is 64.2 Å². The summed E-state index contributed by atoms with van der Waals surface area (Å²) in [5, 5.41) is 0. The highest BCUT2D eigenvalue weighted by atomic mass is 32.2. The zero-order valence-electron chi connectivity index (χ0n) is 15.3. The monoisotopic (exact) mass is 364 g/mol. The fraction of sp³-hybridized carbons (Fsp3) is 0.900. The topological polar surface area (TPSA) is 40.6 Å². The molecule has 2 heterocycles. The van der Waals surface area contributed by atoms with Crippen molar-refractivity contribution in [1.29, 1.82) is 0 Å². The highest BCUT2D eigenvalue weighted by Gasteiger charge is 2.39. The van der Waals surface area contributed by atoms with Crippen LogP contribution < -0.4 is 0 Å². The molecule has 4 rings (SSSR count). The summed E-state index contributed by atoms with van der Waals surface area (Å²) < 4.78 is 0. The predicted octanol–water partition coefficient (Wildman–Crippen LogP) is 3.30. The van der Waals surface area contributed by atoms with E-state index < -0.39 is 0 Å². The molecule has 4 fully saturated rings. The number of rotatable bonds is 4. The molecule has 2 aliphatic heterocycles. The first kappa shape index (κ1) is 17.7. The number of fused-ring (bicyclic) bond motifs is 2. The first-order valence-corrected chi connectivity index (χ1v) is 11.6. The summed E-state index contributed by atoms with van der Waals surface area (Å²) in [6.45, 7) is 1.89. The Hall–Kier alpha value is -0.710. The third-order valence-corrected chi connectivity index (χ3v) is 8.01. The van der Waals surface area contributed by atoms with E-state index in [4.69, 9.17) is 0 Å². The minimum atomic E-state index is 0.268. The van der Waals surface area contributed by atoms with Gasteiger partial charge in [-0.05, 0) is 50.4 Å². The van der Waals surface area contributed by atoms with Crippen LogP contribution in [0, 0.1) is 11.8 Å². The second kappa shape index (κ2) is 7.89. The number of likely N-dealkylation sites (tertiary alicyclic amines) is 2. The van der Waals surface area contributed by atoms with Crippen molar-refractivity contribution in [2.45, 2.75) is 76.3 Å². The van der Waals surface area contributed by atoms with Gasteiger partial charge in [0.1, 0.15) is 0 Å². The molecular weight excluding hydrogens is 332 g/mol. The molecule has 0 unspecified atom stereocenters. The van der Waals surface area contributed by atoms with Gasteiger partial charge in [-0.3, -0.25) is 9.59 Å². The summed E-state index contributed by atoms with van der Waals surface area (Å²) in [4.78, 5) is 29.5. The van der Waals surface area contributed by atoms with Crippen LogP contribution in [-0.4, -0.2) is 58.3 Å². The lowest BCUT2D eigenvalue weighted by atomic mass is 9.85. The summed E-state index contributed by atoms with van der Waals surface area (Å²) in [5.41, 5.74) is 0. The van der Waals surface area contributed by atoms with Crippen molar-refractivity contribution in [2.75, 3.05) is 24.6 Å². The van der Waals surface area contributed by atoms with Crippen LogP contribution in [-0.2, 0) is 9.59 Å². The van der Waals surface area contributed by atoms with Crippen LogP contribution in [0.2, 0.25) is 0 Å². The van der Waals surface area contributed by atoms with E-state index in [-0.39, 0.29) is 11.8 Å². The van der Waals surface area contributed by atoms with Crippen LogP contribution >= 0.6 is 11.8 Å². The molecule has 25 heavy (non-hydrogen) atoms. The Morgan fingerprint density at radius 3 is 1.60 bits per heavy atom. The number of carbonyl (C=O) groups is 2. The molecule has 0 bridgehead atoms. The molecule has 4 nitrogen and oxygen atoms in total. The molecular formula is C20H32N2O2S. The van der Waals surface area contributed by atoms with Gasteiger partial charge in [-0.25, -0.2) is 0 Å². The second-order valence-electron chi connectivity index (χ2n) is 8.47. The van der Waals surface area contributed by atoms with Gasteiger partial charge in [0.05, 0.1) is 11.5 Å². The molecule has 2 saturated heterocycles. The summed E-state index contributed by atoms with van der Waals surface area (Å²) in [6, 6.07) is 0.998. The van der Waals surface area contributed by atoms with Crippen molar-refractivity contribution < 1.29 is 9.59 Å².